The maximum absolute atomic E-state index is 12.9. The van der Waals surface area contributed by atoms with Crippen LogP contribution >= 0.6 is 15.9 Å². The van der Waals surface area contributed by atoms with Gasteiger partial charge >= 0.3 is 0 Å². The summed E-state index contributed by atoms with van der Waals surface area (Å²) in [6.45, 7) is 0. The minimum Gasteiger partial charge on any atom is -0.496 e. The summed E-state index contributed by atoms with van der Waals surface area (Å²) in [7, 11) is 1.60. The second-order valence-corrected chi connectivity index (χ2v) is 6.56. The van der Waals surface area contributed by atoms with Crippen molar-refractivity contribution in [1.82, 2.24) is 0 Å². The van der Waals surface area contributed by atoms with Gasteiger partial charge in [-0.2, -0.15) is 5.10 Å². The molecule has 27 heavy (non-hydrogen) atoms. The molecule has 0 unspecified atom stereocenters. The molecule has 3 aromatic rings. The molecule has 0 heterocycles. The molecule has 5 heteroatoms. The molecule has 0 radical (unpaired) electrons. The molecule has 0 atom stereocenters. The number of halogens is 1. The van der Waals surface area contributed by atoms with Crippen molar-refractivity contribution in [3.63, 3.8) is 0 Å². The Hall–Kier alpha value is -3.05. The third-order valence-electron chi connectivity index (χ3n) is 3.84. The molecule has 4 nitrogen and oxygen atoms in total. The highest BCUT2D eigenvalue weighted by atomic mass is 79.9. The molecule has 0 fully saturated rings. The lowest BCUT2D eigenvalue weighted by atomic mass is 10.0. The van der Waals surface area contributed by atoms with E-state index in [1.807, 2.05) is 66.7 Å². The third-order valence-corrected chi connectivity index (χ3v) is 4.34. The zero-order valence-electron chi connectivity index (χ0n) is 14.7. The number of carbonyl (C=O) groups is 1. The summed E-state index contributed by atoms with van der Waals surface area (Å²) in [4.78, 5) is 12.9. The normalized spacial score (nSPS) is 11.6. The minimum atomic E-state index is -0.180. The molecular weight excluding hydrogens is 404 g/mol. The van der Waals surface area contributed by atoms with Crippen LogP contribution in [0.2, 0.25) is 0 Å². The van der Waals surface area contributed by atoms with E-state index in [2.05, 4.69) is 26.1 Å². The summed E-state index contributed by atoms with van der Waals surface area (Å²) in [6.07, 6.45) is 1.57. The topological polar surface area (TPSA) is 51.0 Å². The van der Waals surface area contributed by atoms with Crippen LogP contribution in [0.5, 0.6) is 5.75 Å². The lowest BCUT2D eigenvalue weighted by Gasteiger charge is -2.05. The number of hydrogen-bond donors (Lipinski definition) is 0. The van der Waals surface area contributed by atoms with Crippen LogP contribution in [0.3, 0.4) is 0 Å². The van der Waals surface area contributed by atoms with Crippen molar-refractivity contribution in [2.75, 3.05) is 7.11 Å². The molecule has 0 spiro atoms. The standard InChI is InChI=1S/C22H17BrN2O2/c1-27-20-13-12-19(23)14-18(20)15-24-25-21(16-8-4-2-5-9-16)22(26)17-10-6-3-7-11-17/h2-15H,1H3. The Morgan fingerprint density at radius 3 is 2.19 bits per heavy atom. The SMILES string of the molecule is COc1ccc(Br)cc1C=NN=C(C(=O)c1ccccc1)c1ccccc1. The first kappa shape index (κ1) is 18.7. The summed E-state index contributed by atoms with van der Waals surface area (Å²) in [6, 6.07) is 23.9. The van der Waals surface area contributed by atoms with Gasteiger partial charge in [-0.15, -0.1) is 5.10 Å². The first-order valence-electron chi connectivity index (χ1n) is 8.29. The van der Waals surface area contributed by atoms with Crippen LogP contribution in [-0.2, 0) is 0 Å². The highest BCUT2D eigenvalue weighted by Crippen LogP contribution is 2.21. The lowest BCUT2D eigenvalue weighted by Crippen LogP contribution is -2.15. The molecule has 0 saturated carbocycles. The Balaban J connectivity index is 1.99. The van der Waals surface area contributed by atoms with Crippen LogP contribution in [0.15, 0.2) is 93.5 Å². The lowest BCUT2D eigenvalue weighted by molar-refractivity contribution is 0.106. The molecule has 0 aliphatic rings. The van der Waals surface area contributed by atoms with Gasteiger partial charge in [0.2, 0.25) is 5.78 Å². The van der Waals surface area contributed by atoms with E-state index in [1.54, 1.807) is 25.5 Å². The smallest absolute Gasteiger partial charge is 0.213 e. The molecule has 0 saturated heterocycles. The number of Topliss-reactive ketones (excluding diaryl/α,β-unsaturated/α-hetero) is 1. The van der Waals surface area contributed by atoms with Crippen LogP contribution in [0.1, 0.15) is 21.5 Å². The molecule has 3 rings (SSSR count). The van der Waals surface area contributed by atoms with Crippen LogP contribution in [0.25, 0.3) is 0 Å². The van der Waals surface area contributed by atoms with Crippen molar-refractivity contribution < 1.29 is 9.53 Å². The van der Waals surface area contributed by atoms with E-state index in [9.17, 15) is 4.79 Å². The van der Waals surface area contributed by atoms with E-state index >= 15 is 0 Å². The van der Waals surface area contributed by atoms with Crippen LogP contribution in [0, 0.1) is 0 Å². The second-order valence-electron chi connectivity index (χ2n) is 5.64. The number of carbonyl (C=O) groups excluding carboxylic acids is 1. The van der Waals surface area contributed by atoms with Gasteiger partial charge in [0.05, 0.1) is 13.3 Å². The molecule has 0 aliphatic heterocycles. The van der Waals surface area contributed by atoms with Gasteiger partial charge in [0.1, 0.15) is 11.5 Å². The molecule has 0 aromatic heterocycles. The van der Waals surface area contributed by atoms with E-state index in [0.29, 0.717) is 16.9 Å². The van der Waals surface area contributed by atoms with Crippen molar-refractivity contribution >= 4 is 33.6 Å². The molecule has 0 aliphatic carbocycles. The maximum atomic E-state index is 12.9. The maximum Gasteiger partial charge on any atom is 0.213 e. The van der Waals surface area contributed by atoms with Gasteiger partial charge in [-0.25, -0.2) is 0 Å². The van der Waals surface area contributed by atoms with Gasteiger partial charge in [-0.1, -0.05) is 76.6 Å². The fourth-order valence-corrected chi connectivity index (χ4v) is 2.89. The van der Waals surface area contributed by atoms with Crippen LogP contribution < -0.4 is 4.74 Å². The average molecular weight is 421 g/mol. The van der Waals surface area contributed by atoms with Crippen molar-refractivity contribution in [3.8, 4) is 5.75 Å². The van der Waals surface area contributed by atoms with Crippen molar-refractivity contribution in [1.29, 1.82) is 0 Å². The Morgan fingerprint density at radius 1 is 0.926 bits per heavy atom. The van der Waals surface area contributed by atoms with Crippen LogP contribution in [0.4, 0.5) is 0 Å². The van der Waals surface area contributed by atoms with E-state index in [4.69, 9.17) is 4.74 Å². The van der Waals surface area contributed by atoms with Gasteiger partial charge in [0, 0.05) is 21.2 Å². The highest BCUT2D eigenvalue weighted by Gasteiger charge is 2.16. The van der Waals surface area contributed by atoms with Crippen molar-refractivity contribution in [2.45, 2.75) is 0 Å². The number of ether oxygens (including phenoxy) is 1. The third kappa shape index (κ3) is 4.77. The number of rotatable bonds is 6. The molecule has 134 valence electrons. The summed E-state index contributed by atoms with van der Waals surface area (Å²) in [5.41, 5.74) is 2.32. The first-order chi connectivity index (χ1) is 13.2. The molecular formula is C22H17BrN2O2. The molecule has 3 aromatic carbocycles. The van der Waals surface area contributed by atoms with Crippen molar-refractivity contribution in [3.05, 3.63) is 100 Å². The van der Waals surface area contributed by atoms with Gasteiger partial charge in [-0.3, -0.25) is 4.79 Å². The Labute approximate surface area is 166 Å². The Kier molecular flexibility index (Phi) is 6.28. The largest absolute Gasteiger partial charge is 0.496 e. The molecule has 0 bridgehead atoms. The fraction of sp³-hybridized carbons (Fsp3) is 0.0455. The summed E-state index contributed by atoms with van der Waals surface area (Å²) in [5.74, 6) is 0.493. The van der Waals surface area contributed by atoms with Gasteiger partial charge in [0.15, 0.2) is 0 Å². The van der Waals surface area contributed by atoms with E-state index in [1.165, 1.54) is 0 Å². The second kappa shape index (κ2) is 9.05. The van der Waals surface area contributed by atoms with Gasteiger partial charge in [-0.05, 0) is 18.2 Å². The molecule has 0 N–H and O–H groups in total. The van der Waals surface area contributed by atoms with Crippen molar-refractivity contribution in [2.24, 2.45) is 10.2 Å². The van der Waals surface area contributed by atoms with Gasteiger partial charge < -0.3 is 4.74 Å². The highest BCUT2D eigenvalue weighted by molar-refractivity contribution is 9.10. The predicted octanol–water partition coefficient (Wildman–Crippen LogP) is 5.16. The van der Waals surface area contributed by atoms with Gasteiger partial charge in [0.25, 0.3) is 0 Å². The molecule has 0 amide bonds. The number of nitrogens with zero attached hydrogens (tertiary/aromatic N) is 2. The Morgan fingerprint density at radius 2 is 1.56 bits per heavy atom. The number of methoxy groups -OCH3 is 1. The van der Waals surface area contributed by atoms with E-state index in [-0.39, 0.29) is 11.5 Å². The predicted molar refractivity (Wildman–Crippen MR) is 112 cm³/mol. The fourth-order valence-electron chi connectivity index (χ4n) is 2.51. The number of hydrogen-bond acceptors (Lipinski definition) is 4. The minimum absolute atomic E-state index is 0.180. The monoisotopic (exact) mass is 420 g/mol. The van der Waals surface area contributed by atoms with E-state index < -0.39 is 0 Å². The van der Waals surface area contributed by atoms with E-state index in [0.717, 1.165) is 10.0 Å². The average Bonchev–Trinajstić information content (AvgIpc) is 2.72. The first-order valence-corrected chi connectivity index (χ1v) is 9.08. The Bertz CT molecular complexity index is 984. The summed E-state index contributed by atoms with van der Waals surface area (Å²) < 4.78 is 6.23. The number of ketones is 1. The quantitative estimate of drug-likeness (QED) is 0.314. The van der Waals surface area contributed by atoms with Crippen LogP contribution in [-0.4, -0.2) is 24.8 Å². The number of benzene rings is 3. The zero-order valence-corrected chi connectivity index (χ0v) is 16.3. The summed E-state index contributed by atoms with van der Waals surface area (Å²) >= 11 is 3.43. The zero-order chi connectivity index (χ0) is 19.1. The summed E-state index contributed by atoms with van der Waals surface area (Å²) in [5, 5.41) is 8.39.